The average molecular weight is 400 g/mol. The number of nitrogens with zero attached hydrogens (tertiary/aromatic N) is 1. The molecule has 1 aliphatic rings. The third kappa shape index (κ3) is 6.59. The van der Waals surface area contributed by atoms with E-state index in [-0.39, 0.29) is 11.9 Å². The highest BCUT2D eigenvalue weighted by Crippen LogP contribution is 2.33. The van der Waals surface area contributed by atoms with Gasteiger partial charge in [-0.25, -0.2) is 4.79 Å². The van der Waals surface area contributed by atoms with Crippen molar-refractivity contribution >= 4 is 11.9 Å². The number of benzene rings is 1. The first-order valence-corrected chi connectivity index (χ1v) is 10.9. The molecule has 0 N–H and O–H groups in total. The second kappa shape index (κ2) is 11.0. The lowest BCUT2D eigenvalue weighted by Crippen LogP contribution is -2.29. The second-order valence-corrected chi connectivity index (χ2v) is 8.29. The normalized spacial score (nSPS) is 20.9. The quantitative estimate of drug-likeness (QED) is 0.297. The SMILES string of the molecule is CCCCCC1CCC(C(=O)Oc2ccc(OC(=O)C(C)(C#N)CC)cc2)CC1. The van der Waals surface area contributed by atoms with Crippen LogP contribution in [0.25, 0.3) is 0 Å². The molecule has 0 bridgehead atoms. The van der Waals surface area contributed by atoms with Crippen molar-refractivity contribution in [3.63, 3.8) is 0 Å². The first kappa shape index (κ1) is 22.9. The van der Waals surface area contributed by atoms with Crippen LogP contribution in [0.2, 0.25) is 0 Å². The van der Waals surface area contributed by atoms with E-state index in [1.54, 1.807) is 38.1 Å². The van der Waals surface area contributed by atoms with Gasteiger partial charge >= 0.3 is 11.9 Å². The van der Waals surface area contributed by atoms with Gasteiger partial charge in [-0.3, -0.25) is 4.79 Å². The molecule has 5 heteroatoms. The Hall–Kier alpha value is -2.35. The molecule has 1 aromatic carbocycles. The van der Waals surface area contributed by atoms with Crippen molar-refractivity contribution in [2.24, 2.45) is 17.3 Å². The topological polar surface area (TPSA) is 76.4 Å². The summed E-state index contributed by atoms with van der Waals surface area (Å²) in [5, 5.41) is 9.16. The molecule has 0 radical (unpaired) electrons. The standard InChI is InChI=1S/C24H33NO4/c1-4-6-7-8-18-9-11-19(12-10-18)22(26)28-20-13-15-21(16-14-20)29-23(27)24(3,5-2)17-25/h13-16,18-19H,4-12H2,1-3H3. The van der Waals surface area contributed by atoms with Crippen LogP contribution in [0.1, 0.15) is 78.6 Å². The molecule has 0 aliphatic heterocycles. The number of hydrogen-bond donors (Lipinski definition) is 0. The Morgan fingerprint density at radius 3 is 2.14 bits per heavy atom. The fraction of sp³-hybridized carbons (Fsp3) is 0.625. The molecule has 5 nitrogen and oxygen atoms in total. The number of hydrogen-bond acceptors (Lipinski definition) is 5. The van der Waals surface area contributed by atoms with E-state index in [0.717, 1.165) is 31.6 Å². The lowest BCUT2D eigenvalue weighted by molar-refractivity contribution is -0.142. The highest BCUT2D eigenvalue weighted by molar-refractivity contribution is 5.81. The van der Waals surface area contributed by atoms with Gasteiger partial charge in [-0.1, -0.05) is 39.5 Å². The lowest BCUT2D eigenvalue weighted by Gasteiger charge is -2.27. The fourth-order valence-corrected chi connectivity index (χ4v) is 3.63. The summed E-state index contributed by atoms with van der Waals surface area (Å²) in [7, 11) is 0. The predicted molar refractivity (Wildman–Crippen MR) is 111 cm³/mol. The molecule has 1 atom stereocenters. The summed E-state index contributed by atoms with van der Waals surface area (Å²) in [6, 6.07) is 8.39. The first-order chi connectivity index (χ1) is 13.9. The van der Waals surface area contributed by atoms with Gasteiger partial charge < -0.3 is 9.47 Å². The van der Waals surface area contributed by atoms with Crippen LogP contribution in [-0.2, 0) is 9.59 Å². The highest BCUT2D eigenvalue weighted by Gasteiger charge is 2.33. The molecule has 0 saturated heterocycles. The van der Waals surface area contributed by atoms with Crippen molar-refractivity contribution in [3.05, 3.63) is 24.3 Å². The van der Waals surface area contributed by atoms with Crippen LogP contribution >= 0.6 is 0 Å². The Balaban J connectivity index is 1.82. The van der Waals surface area contributed by atoms with Crippen LogP contribution in [0.4, 0.5) is 0 Å². The Labute approximate surface area is 174 Å². The smallest absolute Gasteiger partial charge is 0.331 e. The summed E-state index contributed by atoms with van der Waals surface area (Å²) < 4.78 is 10.8. The van der Waals surface area contributed by atoms with Gasteiger partial charge in [0.05, 0.1) is 12.0 Å². The van der Waals surface area contributed by atoms with Crippen molar-refractivity contribution in [1.29, 1.82) is 5.26 Å². The molecule has 0 spiro atoms. The monoisotopic (exact) mass is 399 g/mol. The highest BCUT2D eigenvalue weighted by atomic mass is 16.5. The molecule has 1 fully saturated rings. The van der Waals surface area contributed by atoms with Crippen LogP contribution in [0, 0.1) is 28.6 Å². The molecule has 1 aromatic rings. The molecule has 1 saturated carbocycles. The molecule has 1 unspecified atom stereocenters. The molecule has 29 heavy (non-hydrogen) atoms. The maximum Gasteiger partial charge on any atom is 0.331 e. The Morgan fingerprint density at radius 1 is 1.03 bits per heavy atom. The molecule has 1 aliphatic carbocycles. The zero-order chi connectivity index (χ0) is 21.3. The van der Waals surface area contributed by atoms with E-state index in [2.05, 4.69) is 6.92 Å². The van der Waals surface area contributed by atoms with Crippen LogP contribution in [-0.4, -0.2) is 11.9 Å². The first-order valence-electron chi connectivity index (χ1n) is 10.9. The molecular formula is C24H33NO4. The van der Waals surface area contributed by atoms with Gasteiger partial charge in [-0.2, -0.15) is 5.26 Å². The molecular weight excluding hydrogens is 366 g/mol. The van der Waals surface area contributed by atoms with E-state index < -0.39 is 11.4 Å². The lowest BCUT2D eigenvalue weighted by atomic mass is 9.80. The second-order valence-electron chi connectivity index (χ2n) is 8.29. The molecule has 2 rings (SSSR count). The number of unbranched alkanes of at least 4 members (excludes halogenated alkanes) is 2. The summed E-state index contributed by atoms with van der Waals surface area (Å²) in [5.74, 6) is 0.737. The van der Waals surface area contributed by atoms with Gasteiger partial charge in [-0.15, -0.1) is 0 Å². The predicted octanol–water partition coefficient (Wildman–Crippen LogP) is 5.82. The Morgan fingerprint density at radius 2 is 1.62 bits per heavy atom. The van der Waals surface area contributed by atoms with Gasteiger partial charge in [0.2, 0.25) is 0 Å². The minimum absolute atomic E-state index is 0.0316. The molecule has 0 aromatic heterocycles. The van der Waals surface area contributed by atoms with Crippen molar-refractivity contribution in [2.45, 2.75) is 78.6 Å². The Bertz CT molecular complexity index is 713. The summed E-state index contributed by atoms with van der Waals surface area (Å²) in [6.45, 7) is 5.55. The number of rotatable bonds is 9. The van der Waals surface area contributed by atoms with Crippen molar-refractivity contribution in [3.8, 4) is 17.6 Å². The van der Waals surface area contributed by atoms with Crippen LogP contribution in [0.5, 0.6) is 11.5 Å². The van der Waals surface area contributed by atoms with Crippen LogP contribution in [0.3, 0.4) is 0 Å². The largest absolute Gasteiger partial charge is 0.426 e. The third-order valence-corrected chi connectivity index (χ3v) is 6.05. The summed E-state index contributed by atoms with van der Waals surface area (Å²) >= 11 is 0. The fourth-order valence-electron chi connectivity index (χ4n) is 3.63. The zero-order valence-electron chi connectivity index (χ0n) is 17.9. The average Bonchev–Trinajstić information content (AvgIpc) is 2.75. The summed E-state index contributed by atoms with van der Waals surface area (Å²) in [6.07, 6.45) is 9.49. The van der Waals surface area contributed by atoms with E-state index >= 15 is 0 Å². The van der Waals surface area contributed by atoms with Crippen LogP contribution in [0.15, 0.2) is 24.3 Å². The van der Waals surface area contributed by atoms with E-state index in [0.29, 0.717) is 17.9 Å². The Kier molecular flexibility index (Phi) is 8.70. The van der Waals surface area contributed by atoms with Gasteiger partial charge in [0.1, 0.15) is 11.5 Å². The summed E-state index contributed by atoms with van der Waals surface area (Å²) in [5.41, 5.74) is -1.17. The number of esters is 2. The van der Waals surface area contributed by atoms with Gasteiger partial charge in [-0.05, 0) is 69.2 Å². The number of ether oxygens (including phenoxy) is 2. The van der Waals surface area contributed by atoms with Crippen LogP contribution < -0.4 is 9.47 Å². The van der Waals surface area contributed by atoms with E-state index in [9.17, 15) is 9.59 Å². The number of nitriles is 1. The maximum atomic E-state index is 12.5. The zero-order valence-corrected chi connectivity index (χ0v) is 17.9. The molecule has 0 amide bonds. The van der Waals surface area contributed by atoms with E-state index in [1.807, 2.05) is 6.07 Å². The minimum Gasteiger partial charge on any atom is -0.426 e. The summed E-state index contributed by atoms with van der Waals surface area (Å²) in [4.78, 5) is 24.6. The number of carbonyl (C=O) groups is 2. The van der Waals surface area contributed by atoms with E-state index in [1.165, 1.54) is 25.7 Å². The molecule has 0 heterocycles. The molecule has 158 valence electrons. The van der Waals surface area contributed by atoms with Crippen molar-refractivity contribution in [2.75, 3.05) is 0 Å². The third-order valence-electron chi connectivity index (χ3n) is 6.05. The van der Waals surface area contributed by atoms with Crippen molar-refractivity contribution < 1.29 is 19.1 Å². The maximum absolute atomic E-state index is 12.5. The van der Waals surface area contributed by atoms with E-state index in [4.69, 9.17) is 14.7 Å². The van der Waals surface area contributed by atoms with Crippen molar-refractivity contribution in [1.82, 2.24) is 0 Å². The van der Waals surface area contributed by atoms with Gasteiger partial charge in [0.25, 0.3) is 0 Å². The number of carbonyl (C=O) groups excluding carboxylic acids is 2. The minimum atomic E-state index is -1.17. The van der Waals surface area contributed by atoms with Gasteiger partial charge in [0, 0.05) is 0 Å². The van der Waals surface area contributed by atoms with Gasteiger partial charge in [0.15, 0.2) is 5.41 Å².